The predicted molar refractivity (Wildman–Crippen MR) is 155 cm³/mol. The van der Waals surface area contributed by atoms with Crippen LogP contribution in [0.25, 0.3) is 5.76 Å². The quantitative estimate of drug-likeness (QED) is 0.227. The van der Waals surface area contributed by atoms with Gasteiger partial charge in [0.2, 0.25) is 0 Å². The van der Waals surface area contributed by atoms with Gasteiger partial charge in [0.25, 0.3) is 11.7 Å². The van der Waals surface area contributed by atoms with Crippen molar-refractivity contribution in [3.63, 3.8) is 0 Å². The number of likely N-dealkylation sites (tertiary alicyclic amines) is 1. The van der Waals surface area contributed by atoms with Gasteiger partial charge in [-0.1, -0.05) is 42.0 Å². The maximum absolute atomic E-state index is 13.3. The zero-order chi connectivity index (χ0) is 28.1. The number of nitrogens with zero attached hydrogens (tertiary/aromatic N) is 3. The molecule has 0 bridgehead atoms. The molecule has 1 unspecified atom stereocenters. The molecule has 1 heterocycles. The smallest absolute Gasteiger partial charge is 0.295 e. The van der Waals surface area contributed by atoms with Gasteiger partial charge in [-0.15, -0.1) is 0 Å². The van der Waals surface area contributed by atoms with E-state index in [4.69, 9.17) is 4.74 Å². The Labute approximate surface area is 230 Å². The molecule has 0 radical (unpaired) electrons. The normalized spacial score (nSPS) is 16.7. The summed E-state index contributed by atoms with van der Waals surface area (Å²) >= 11 is 0. The van der Waals surface area contributed by atoms with Crippen LogP contribution in [0.1, 0.15) is 34.7 Å². The lowest BCUT2D eigenvalue weighted by Gasteiger charge is -2.26. The van der Waals surface area contributed by atoms with Crippen molar-refractivity contribution < 1.29 is 19.4 Å². The molecule has 1 saturated heterocycles. The van der Waals surface area contributed by atoms with Crippen LogP contribution in [-0.4, -0.2) is 67.9 Å². The Kier molecular flexibility index (Phi) is 8.72. The topological polar surface area (TPSA) is 73.3 Å². The minimum Gasteiger partial charge on any atom is -0.507 e. The first-order valence-electron chi connectivity index (χ1n) is 13.1. The van der Waals surface area contributed by atoms with Crippen molar-refractivity contribution in [3.05, 3.63) is 101 Å². The Morgan fingerprint density at radius 3 is 2.26 bits per heavy atom. The van der Waals surface area contributed by atoms with Gasteiger partial charge in [-0.25, -0.2) is 0 Å². The molecule has 7 nitrogen and oxygen atoms in total. The largest absolute Gasteiger partial charge is 0.507 e. The second-order valence-corrected chi connectivity index (χ2v) is 10.4. The van der Waals surface area contributed by atoms with Gasteiger partial charge < -0.3 is 24.5 Å². The van der Waals surface area contributed by atoms with E-state index in [1.807, 2.05) is 87.4 Å². The van der Waals surface area contributed by atoms with E-state index in [1.165, 1.54) is 5.56 Å². The molecule has 204 valence electrons. The summed E-state index contributed by atoms with van der Waals surface area (Å²) in [5.41, 5.74) is 4.58. The summed E-state index contributed by atoms with van der Waals surface area (Å²) < 4.78 is 5.91. The Morgan fingerprint density at radius 2 is 1.64 bits per heavy atom. The van der Waals surface area contributed by atoms with Gasteiger partial charge in [0.1, 0.15) is 18.1 Å². The van der Waals surface area contributed by atoms with Crippen molar-refractivity contribution in [2.45, 2.75) is 26.0 Å². The number of benzene rings is 3. The van der Waals surface area contributed by atoms with Crippen molar-refractivity contribution in [1.29, 1.82) is 0 Å². The van der Waals surface area contributed by atoms with Crippen LogP contribution < -0.4 is 9.64 Å². The first-order valence-corrected chi connectivity index (χ1v) is 13.1. The molecule has 4 rings (SSSR count). The first kappa shape index (κ1) is 27.9. The fourth-order valence-electron chi connectivity index (χ4n) is 4.80. The molecule has 0 saturated carbocycles. The highest BCUT2D eigenvalue weighted by atomic mass is 16.5. The van der Waals surface area contributed by atoms with Gasteiger partial charge in [0.05, 0.1) is 11.6 Å². The van der Waals surface area contributed by atoms with Crippen molar-refractivity contribution in [2.75, 3.05) is 46.2 Å². The summed E-state index contributed by atoms with van der Waals surface area (Å²) in [5.74, 6) is -0.794. The van der Waals surface area contributed by atoms with Crippen molar-refractivity contribution in [1.82, 2.24) is 9.80 Å². The highest BCUT2D eigenvalue weighted by molar-refractivity contribution is 6.46. The molecular weight excluding hydrogens is 490 g/mol. The molecule has 1 amide bonds. The number of hydrogen-bond donors (Lipinski definition) is 1. The summed E-state index contributed by atoms with van der Waals surface area (Å²) in [4.78, 5) is 32.1. The molecule has 0 aliphatic carbocycles. The lowest BCUT2D eigenvalue weighted by molar-refractivity contribution is -0.139. The number of carbonyl (C=O) groups is 2. The van der Waals surface area contributed by atoms with E-state index in [9.17, 15) is 14.7 Å². The number of aliphatic hydroxyl groups excluding tert-OH is 1. The second-order valence-electron chi connectivity index (χ2n) is 10.4. The number of ether oxygens (including phenoxy) is 1. The Balaban J connectivity index is 1.64. The highest BCUT2D eigenvalue weighted by Crippen LogP contribution is 2.40. The number of aliphatic hydroxyl groups is 1. The van der Waals surface area contributed by atoms with Crippen molar-refractivity contribution in [2.24, 2.45) is 0 Å². The minimum atomic E-state index is -0.668. The van der Waals surface area contributed by atoms with E-state index in [2.05, 4.69) is 6.07 Å². The lowest BCUT2D eigenvalue weighted by Crippen LogP contribution is -2.32. The molecule has 1 aliphatic rings. The molecule has 1 aliphatic heterocycles. The number of aryl methyl sites for hydroxylation is 1. The molecule has 1 atom stereocenters. The summed E-state index contributed by atoms with van der Waals surface area (Å²) in [6.45, 7) is 3.65. The third-order valence-corrected chi connectivity index (χ3v) is 6.89. The maximum Gasteiger partial charge on any atom is 0.295 e. The fourth-order valence-corrected chi connectivity index (χ4v) is 4.80. The van der Waals surface area contributed by atoms with Gasteiger partial charge in [-0.2, -0.15) is 0 Å². The van der Waals surface area contributed by atoms with Gasteiger partial charge in [0, 0.05) is 31.9 Å². The number of carbonyl (C=O) groups excluding carboxylic acids is 2. The fraction of sp³-hybridized carbons (Fsp3) is 0.312. The van der Waals surface area contributed by atoms with Crippen LogP contribution in [0.15, 0.2) is 78.4 Å². The van der Waals surface area contributed by atoms with E-state index >= 15 is 0 Å². The third kappa shape index (κ3) is 6.49. The molecular formula is C32H37N3O4. The SMILES string of the molecule is Cc1cccc(COc2ccc(C(O)=C3C(=O)C(=O)N(CCCN(C)C)C3c3ccc(N(C)C)cc3)cc2)c1. The van der Waals surface area contributed by atoms with E-state index in [-0.39, 0.29) is 11.3 Å². The molecule has 7 heteroatoms. The molecule has 0 aromatic heterocycles. The monoisotopic (exact) mass is 527 g/mol. The molecule has 1 fully saturated rings. The standard InChI is InChI=1S/C32H37N3O4/c1-22-8-6-9-23(20-22)21-39-27-16-12-25(13-17-27)30(36)28-29(24-10-14-26(15-11-24)34(4)5)35(32(38)31(28)37)19-7-18-33(2)3/h6,8-17,20,29,36H,7,18-19,21H2,1-5H3. The Hall–Kier alpha value is -4.10. The molecule has 3 aromatic carbocycles. The number of hydrogen-bond acceptors (Lipinski definition) is 6. The maximum atomic E-state index is 13.3. The summed E-state index contributed by atoms with van der Waals surface area (Å²) in [7, 11) is 7.85. The zero-order valence-electron chi connectivity index (χ0n) is 23.3. The van der Waals surface area contributed by atoms with Gasteiger partial charge in [-0.3, -0.25) is 9.59 Å². The van der Waals surface area contributed by atoms with Crippen LogP contribution in [-0.2, 0) is 16.2 Å². The number of ketones is 1. The van der Waals surface area contributed by atoms with E-state index in [0.29, 0.717) is 30.9 Å². The Morgan fingerprint density at radius 1 is 0.949 bits per heavy atom. The van der Waals surface area contributed by atoms with E-state index in [1.54, 1.807) is 29.2 Å². The van der Waals surface area contributed by atoms with Gasteiger partial charge in [0.15, 0.2) is 0 Å². The van der Waals surface area contributed by atoms with Gasteiger partial charge >= 0.3 is 0 Å². The zero-order valence-corrected chi connectivity index (χ0v) is 23.3. The number of Topliss-reactive ketones (excluding diaryl/α,β-unsaturated/α-hetero) is 1. The number of anilines is 1. The van der Waals surface area contributed by atoms with Crippen LogP contribution in [0.4, 0.5) is 5.69 Å². The average Bonchev–Trinajstić information content (AvgIpc) is 3.17. The van der Waals surface area contributed by atoms with Crippen LogP contribution in [0, 0.1) is 6.92 Å². The van der Waals surface area contributed by atoms with Crippen LogP contribution in [0.2, 0.25) is 0 Å². The number of rotatable bonds is 10. The average molecular weight is 528 g/mol. The van der Waals surface area contributed by atoms with Crippen molar-refractivity contribution in [3.8, 4) is 5.75 Å². The highest BCUT2D eigenvalue weighted by Gasteiger charge is 2.45. The predicted octanol–water partition coefficient (Wildman–Crippen LogP) is 5.01. The van der Waals surface area contributed by atoms with Crippen molar-refractivity contribution >= 4 is 23.1 Å². The molecule has 39 heavy (non-hydrogen) atoms. The minimum absolute atomic E-state index is 0.107. The van der Waals surface area contributed by atoms with Crippen LogP contribution in [0.5, 0.6) is 5.75 Å². The molecule has 0 spiro atoms. The van der Waals surface area contributed by atoms with E-state index < -0.39 is 17.7 Å². The summed E-state index contributed by atoms with van der Waals surface area (Å²) in [6.07, 6.45) is 0.708. The third-order valence-electron chi connectivity index (χ3n) is 6.89. The van der Waals surface area contributed by atoms with Crippen LogP contribution >= 0.6 is 0 Å². The molecule has 3 aromatic rings. The molecule has 1 N–H and O–H groups in total. The van der Waals surface area contributed by atoms with Gasteiger partial charge in [-0.05, 0) is 81.5 Å². The lowest BCUT2D eigenvalue weighted by atomic mass is 9.95. The first-order chi connectivity index (χ1) is 18.7. The second kappa shape index (κ2) is 12.2. The number of amides is 1. The summed E-state index contributed by atoms with van der Waals surface area (Å²) in [6, 6.07) is 22.1. The summed E-state index contributed by atoms with van der Waals surface area (Å²) in [5, 5.41) is 11.4. The van der Waals surface area contributed by atoms with E-state index in [0.717, 1.165) is 23.4 Å². The Bertz CT molecular complexity index is 1340. The van der Waals surface area contributed by atoms with Crippen LogP contribution in [0.3, 0.4) is 0 Å².